The Morgan fingerprint density at radius 3 is 2.71 bits per heavy atom. The largest absolute Gasteiger partial charge is 0.310 e. The number of nitrogens with zero attached hydrogens (tertiary/aromatic N) is 7. The second-order valence-electron chi connectivity index (χ2n) is 7.56. The molecule has 1 aliphatic rings. The molecule has 0 radical (unpaired) electrons. The van der Waals surface area contributed by atoms with Crippen molar-refractivity contribution >= 4 is 11.0 Å². The van der Waals surface area contributed by atoms with Crippen LogP contribution in [0.5, 0.6) is 0 Å². The molecule has 0 bridgehead atoms. The number of nitriles is 1. The molecule has 1 N–H and O–H groups in total. The molecule has 0 spiro atoms. The number of aromatic amines is 1. The second-order valence-corrected chi connectivity index (χ2v) is 7.56. The van der Waals surface area contributed by atoms with E-state index in [1.165, 1.54) is 16.9 Å². The van der Waals surface area contributed by atoms with Gasteiger partial charge in [0.1, 0.15) is 28.9 Å². The van der Waals surface area contributed by atoms with E-state index in [0.29, 0.717) is 17.2 Å². The molecule has 10 heteroatoms. The number of H-pyrrole nitrogens is 1. The number of fused-ring (bicyclic) bond motifs is 1. The molecule has 1 aliphatic carbocycles. The molecule has 0 aromatic carbocycles. The Labute approximate surface area is 175 Å². The molecule has 0 aliphatic heterocycles. The van der Waals surface area contributed by atoms with Crippen molar-refractivity contribution in [1.29, 1.82) is 5.26 Å². The minimum absolute atomic E-state index is 0.0249. The number of halogens is 1. The number of hydrogen-bond acceptors (Lipinski definition) is 7. The van der Waals surface area contributed by atoms with Crippen molar-refractivity contribution in [3.05, 3.63) is 76.0 Å². The Morgan fingerprint density at radius 1 is 1.26 bits per heavy atom. The second kappa shape index (κ2) is 7.36. The summed E-state index contributed by atoms with van der Waals surface area (Å²) in [4.78, 5) is 33.0. The lowest BCUT2D eigenvalue weighted by Gasteiger charge is -2.34. The summed E-state index contributed by atoms with van der Waals surface area (Å²) in [6, 6.07) is 4.58. The molecular formula is C21H17FN8O. The smallest absolute Gasteiger partial charge is 0.263 e. The quantitative estimate of drug-likeness (QED) is 0.542. The Bertz CT molecular complexity index is 1370. The zero-order valence-corrected chi connectivity index (χ0v) is 16.5. The number of nitrogens with one attached hydrogen (secondary N) is 1. The van der Waals surface area contributed by atoms with Crippen LogP contribution in [-0.2, 0) is 0 Å². The van der Waals surface area contributed by atoms with E-state index in [2.05, 4.69) is 25.0 Å². The van der Waals surface area contributed by atoms with Crippen LogP contribution in [-0.4, -0.2) is 34.7 Å². The highest BCUT2D eigenvalue weighted by Gasteiger charge is 2.37. The van der Waals surface area contributed by atoms with E-state index in [1.807, 2.05) is 6.07 Å². The summed E-state index contributed by atoms with van der Waals surface area (Å²) in [6.07, 6.45) is 7.75. The molecule has 0 unspecified atom stereocenters. The summed E-state index contributed by atoms with van der Waals surface area (Å²) in [5, 5.41) is 13.9. The van der Waals surface area contributed by atoms with Gasteiger partial charge in [0.05, 0.1) is 12.2 Å². The van der Waals surface area contributed by atoms with E-state index in [0.717, 1.165) is 19.0 Å². The molecule has 0 amide bonds. The third-order valence-electron chi connectivity index (χ3n) is 5.80. The molecule has 1 saturated carbocycles. The minimum Gasteiger partial charge on any atom is -0.310 e. The molecular weight excluding hydrogens is 399 g/mol. The normalized spacial score (nSPS) is 19.0. The number of aromatic nitrogens is 7. The van der Waals surface area contributed by atoms with Crippen LogP contribution < -0.4 is 5.56 Å². The predicted molar refractivity (Wildman–Crippen MR) is 108 cm³/mol. The summed E-state index contributed by atoms with van der Waals surface area (Å²) < 4.78 is 15.2. The van der Waals surface area contributed by atoms with Crippen LogP contribution in [0.3, 0.4) is 0 Å². The lowest BCUT2D eigenvalue weighted by molar-refractivity contribution is 0.319. The maximum Gasteiger partial charge on any atom is 0.263 e. The average Bonchev–Trinajstić information content (AvgIpc) is 3.12. The van der Waals surface area contributed by atoms with Crippen molar-refractivity contribution < 1.29 is 4.39 Å². The van der Waals surface area contributed by atoms with Crippen molar-refractivity contribution in [2.75, 3.05) is 0 Å². The zero-order chi connectivity index (χ0) is 21.5. The van der Waals surface area contributed by atoms with Crippen LogP contribution in [0.1, 0.15) is 60.5 Å². The van der Waals surface area contributed by atoms with Gasteiger partial charge in [0, 0.05) is 30.4 Å². The van der Waals surface area contributed by atoms with Gasteiger partial charge in [-0.3, -0.25) is 9.78 Å². The van der Waals surface area contributed by atoms with Gasteiger partial charge in [-0.05, 0) is 37.5 Å². The standard InChI is InChI=1S/C21H17FN8O/c1-11(12-7-13(22)10-24-9-12)30-20-17(16(8-23)29-30)21(31)28-19(27-20)15-4-3-14(15)18-25-5-2-6-26-18/h2,5-7,9-11,14-15H,3-4H2,1H3,(H,27,28,31)/t11-,14-,15-/m1/s1. The minimum atomic E-state index is -0.482. The van der Waals surface area contributed by atoms with Gasteiger partial charge < -0.3 is 4.98 Å². The van der Waals surface area contributed by atoms with Gasteiger partial charge in [-0.1, -0.05) is 0 Å². The van der Waals surface area contributed by atoms with Gasteiger partial charge in [0.25, 0.3) is 5.56 Å². The van der Waals surface area contributed by atoms with E-state index < -0.39 is 17.4 Å². The highest BCUT2D eigenvalue weighted by Crippen LogP contribution is 2.46. The monoisotopic (exact) mass is 416 g/mol. The lowest BCUT2D eigenvalue weighted by Crippen LogP contribution is -2.28. The zero-order valence-electron chi connectivity index (χ0n) is 16.5. The number of rotatable bonds is 4. The van der Waals surface area contributed by atoms with E-state index in [1.54, 1.807) is 25.4 Å². The van der Waals surface area contributed by atoms with E-state index in [4.69, 9.17) is 4.98 Å². The first-order valence-corrected chi connectivity index (χ1v) is 9.86. The maximum atomic E-state index is 13.7. The van der Waals surface area contributed by atoms with Crippen LogP contribution in [0, 0.1) is 17.1 Å². The van der Waals surface area contributed by atoms with E-state index in [-0.39, 0.29) is 28.6 Å². The molecule has 3 atom stereocenters. The fraction of sp³-hybridized carbons (Fsp3) is 0.286. The topological polar surface area (TPSA) is 126 Å². The first-order chi connectivity index (χ1) is 15.1. The van der Waals surface area contributed by atoms with Crippen LogP contribution in [0.25, 0.3) is 11.0 Å². The molecule has 0 saturated heterocycles. The van der Waals surface area contributed by atoms with Crippen molar-refractivity contribution in [3.8, 4) is 6.07 Å². The first kappa shape index (κ1) is 19.0. The van der Waals surface area contributed by atoms with Gasteiger partial charge in [0.2, 0.25) is 0 Å². The molecule has 4 aromatic heterocycles. The molecule has 4 aromatic rings. The fourth-order valence-electron chi connectivity index (χ4n) is 4.02. The Kier molecular flexibility index (Phi) is 4.51. The van der Waals surface area contributed by atoms with Crippen molar-refractivity contribution in [1.82, 2.24) is 34.7 Å². The molecule has 154 valence electrons. The summed E-state index contributed by atoms with van der Waals surface area (Å²) in [5.41, 5.74) is 0.387. The molecule has 1 fully saturated rings. The van der Waals surface area contributed by atoms with Crippen LogP contribution in [0.4, 0.5) is 4.39 Å². The number of hydrogen-bond donors (Lipinski definition) is 1. The highest BCUT2D eigenvalue weighted by molar-refractivity contribution is 5.80. The SMILES string of the molecule is C[C@H](c1cncc(F)c1)n1nc(C#N)c2c(=O)[nH]c([C@@H]3CC[C@H]3c3ncccn3)nc21. The van der Waals surface area contributed by atoms with Gasteiger partial charge in [0.15, 0.2) is 11.3 Å². The van der Waals surface area contributed by atoms with Gasteiger partial charge in [-0.2, -0.15) is 10.4 Å². The highest BCUT2D eigenvalue weighted by atomic mass is 19.1. The summed E-state index contributed by atoms with van der Waals surface area (Å²) in [5.74, 6) is 0.759. The molecule has 4 heterocycles. The van der Waals surface area contributed by atoms with E-state index in [9.17, 15) is 14.4 Å². The van der Waals surface area contributed by atoms with Crippen molar-refractivity contribution in [2.45, 2.75) is 37.6 Å². The summed E-state index contributed by atoms with van der Waals surface area (Å²) in [6.45, 7) is 1.79. The summed E-state index contributed by atoms with van der Waals surface area (Å²) in [7, 11) is 0. The third kappa shape index (κ3) is 3.15. The number of pyridine rings is 1. The van der Waals surface area contributed by atoms with Gasteiger partial charge in [-0.25, -0.2) is 24.0 Å². The van der Waals surface area contributed by atoms with Crippen LogP contribution in [0.15, 0.2) is 41.7 Å². The fourth-order valence-corrected chi connectivity index (χ4v) is 4.02. The van der Waals surface area contributed by atoms with Crippen molar-refractivity contribution in [3.63, 3.8) is 0 Å². The van der Waals surface area contributed by atoms with E-state index >= 15 is 0 Å². The van der Waals surface area contributed by atoms with Crippen LogP contribution in [0.2, 0.25) is 0 Å². The third-order valence-corrected chi connectivity index (χ3v) is 5.80. The Hall–Kier alpha value is -4.00. The van der Waals surface area contributed by atoms with Crippen LogP contribution >= 0.6 is 0 Å². The Balaban J connectivity index is 1.62. The van der Waals surface area contributed by atoms with Crippen molar-refractivity contribution in [2.24, 2.45) is 0 Å². The van der Waals surface area contributed by atoms with Gasteiger partial charge >= 0.3 is 0 Å². The first-order valence-electron chi connectivity index (χ1n) is 9.86. The molecule has 5 rings (SSSR count). The summed E-state index contributed by atoms with van der Waals surface area (Å²) >= 11 is 0. The maximum absolute atomic E-state index is 13.7. The Morgan fingerprint density at radius 2 is 2.03 bits per heavy atom. The predicted octanol–water partition coefficient (Wildman–Crippen LogP) is 2.59. The average molecular weight is 416 g/mol. The van der Waals surface area contributed by atoms with Gasteiger partial charge in [-0.15, -0.1) is 0 Å². The molecule has 31 heavy (non-hydrogen) atoms. The molecule has 9 nitrogen and oxygen atoms in total. The lowest BCUT2D eigenvalue weighted by atomic mass is 9.72.